The number of benzene rings is 2. The van der Waals surface area contributed by atoms with Crippen molar-refractivity contribution in [2.45, 2.75) is 31.7 Å². The second-order valence-electron chi connectivity index (χ2n) is 7.26. The molecule has 1 saturated heterocycles. The molecular weight excluding hydrogens is 425 g/mol. The van der Waals surface area contributed by atoms with Gasteiger partial charge in [0.05, 0.1) is 11.6 Å². The van der Waals surface area contributed by atoms with Crippen molar-refractivity contribution in [3.63, 3.8) is 0 Å². The fourth-order valence-corrected chi connectivity index (χ4v) is 3.76. The third-order valence-corrected chi connectivity index (χ3v) is 5.36. The highest BCUT2D eigenvalue weighted by Crippen LogP contribution is 2.39. The van der Waals surface area contributed by atoms with Crippen molar-refractivity contribution in [2.75, 3.05) is 6.54 Å². The minimum Gasteiger partial charge on any atom is -0.507 e. The molecule has 0 radical (unpaired) electrons. The van der Waals surface area contributed by atoms with E-state index >= 15 is 0 Å². The Labute approximate surface area is 183 Å². The maximum Gasteiger partial charge on any atom is 0.303 e. The SMILES string of the molecule is O=C(O)CCCCCN1C(=O)C(=O)/C(=C(/O)c2ccc(Cl)cc2)C1c1cccc(F)c1. The molecule has 1 unspecified atom stereocenters. The van der Waals surface area contributed by atoms with E-state index < -0.39 is 29.5 Å². The molecule has 2 aromatic carbocycles. The van der Waals surface area contributed by atoms with Gasteiger partial charge in [0.2, 0.25) is 0 Å². The molecule has 1 atom stereocenters. The van der Waals surface area contributed by atoms with Gasteiger partial charge in [-0.05, 0) is 54.8 Å². The molecule has 6 nitrogen and oxygen atoms in total. The minimum atomic E-state index is -0.953. The molecule has 1 aliphatic rings. The highest BCUT2D eigenvalue weighted by molar-refractivity contribution is 6.46. The first kappa shape index (κ1) is 22.5. The minimum absolute atomic E-state index is 0.0166. The predicted molar refractivity (Wildman–Crippen MR) is 113 cm³/mol. The van der Waals surface area contributed by atoms with Crippen LogP contribution in [0.1, 0.15) is 42.9 Å². The van der Waals surface area contributed by atoms with Crippen LogP contribution in [0.2, 0.25) is 5.02 Å². The Balaban J connectivity index is 1.97. The van der Waals surface area contributed by atoms with Crippen LogP contribution >= 0.6 is 11.6 Å². The van der Waals surface area contributed by atoms with Crippen molar-refractivity contribution in [3.05, 3.63) is 76.1 Å². The normalized spacial score (nSPS) is 17.9. The lowest BCUT2D eigenvalue weighted by atomic mass is 9.95. The molecule has 0 spiro atoms. The number of carboxylic acids is 1. The first-order valence-electron chi connectivity index (χ1n) is 9.81. The van der Waals surface area contributed by atoms with Crippen LogP contribution in [-0.2, 0) is 14.4 Å². The average Bonchev–Trinajstić information content (AvgIpc) is 2.98. The van der Waals surface area contributed by atoms with Crippen LogP contribution in [-0.4, -0.2) is 39.3 Å². The number of hydrogen-bond acceptors (Lipinski definition) is 4. The number of rotatable bonds is 8. The van der Waals surface area contributed by atoms with Crippen molar-refractivity contribution in [3.8, 4) is 0 Å². The summed E-state index contributed by atoms with van der Waals surface area (Å²) in [4.78, 5) is 37.6. The van der Waals surface area contributed by atoms with E-state index in [0.717, 1.165) is 0 Å². The Hall–Kier alpha value is -3.19. The van der Waals surface area contributed by atoms with Gasteiger partial charge in [0.25, 0.3) is 11.7 Å². The highest BCUT2D eigenvalue weighted by Gasteiger charge is 2.45. The van der Waals surface area contributed by atoms with Crippen LogP contribution in [0.4, 0.5) is 4.39 Å². The van der Waals surface area contributed by atoms with E-state index in [4.69, 9.17) is 16.7 Å². The molecule has 1 aliphatic heterocycles. The molecule has 0 saturated carbocycles. The van der Waals surface area contributed by atoms with E-state index in [9.17, 15) is 23.9 Å². The quantitative estimate of drug-likeness (QED) is 0.269. The maximum atomic E-state index is 13.9. The standard InChI is InChI=1S/C23H21ClFNO5/c24-16-10-8-14(9-11-16)21(29)19-20(15-5-4-6-17(25)13-15)26(23(31)22(19)30)12-3-1-2-7-18(27)28/h4-6,8-11,13,20,29H,1-3,7,12H2,(H,27,28)/b21-19+. The first-order valence-corrected chi connectivity index (χ1v) is 10.2. The highest BCUT2D eigenvalue weighted by atomic mass is 35.5. The Bertz CT molecular complexity index is 1030. The first-order chi connectivity index (χ1) is 14.8. The number of likely N-dealkylation sites (tertiary alicyclic amines) is 1. The summed E-state index contributed by atoms with van der Waals surface area (Å²) < 4.78 is 13.9. The molecule has 1 fully saturated rings. The summed E-state index contributed by atoms with van der Waals surface area (Å²) >= 11 is 5.89. The third-order valence-electron chi connectivity index (χ3n) is 5.11. The molecule has 3 rings (SSSR count). The van der Waals surface area contributed by atoms with Crippen LogP contribution in [0.5, 0.6) is 0 Å². The number of nitrogens with zero attached hydrogens (tertiary/aromatic N) is 1. The fraction of sp³-hybridized carbons (Fsp3) is 0.261. The Morgan fingerprint density at radius 3 is 2.39 bits per heavy atom. The summed E-state index contributed by atoms with van der Waals surface area (Å²) in [5, 5.41) is 20.1. The molecule has 2 aromatic rings. The molecule has 162 valence electrons. The summed E-state index contributed by atoms with van der Waals surface area (Å²) in [7, 11) is 0. The van der Waals surface area contributed by atoms with Gasteiger partial charge in [-0.15, -0.1) is 0 Å². The molecule has 31 heavy (non-hydrogen) atoms. The summed E-state index contributed by atoms with van der Waals surface area (Å²) in [6.07, 6.45) is 1.47. The number of halogens is 2. The molecule has 2 N–H and O–H groups in total. The Morgan fingerprint density at radius 1 is 1.03 bits per heavy atom. The summed E-state index contributed by atoms with van der Waals surface area (Å²) in [5.41, 5.74) is 0.550. The number of carboxylic acid groups (broad SMARTS) is 1. The monoisotopic (exact) mass is 445 g/mol. The van der Waals surface area contributed by atoms with Gasteiger partial charge in [0.15, 0.2) is 0 Å². The molecule has 0 aliphatic carbocycles. The van der Waals surface area contributed by atoms with E-state index in [1.165, 1.54) is 35.2 Å². The van der Waals surface area contributed by atoms with Gasteiger partial charge < -0.3 is 15.1 Å². The smallest absolute Gasteiger partial charge is 0.303 e. The Kier molecular flexibility index (Phi) is 7.07. The van der Waals surface area contributed by atoms with Gasteiger partial charge in [-0.3, -0.25) is 14.4 Å². The van der Waals surface area contributed by atoms with E-state index in [-0.39, 0.29) is 24.3 Å². The second-order valence-corrected chi connectivity index (χ2v) is 7.70. The number of aliphatic hydroxyl groups excluding tert-OH is 1. The molecule has 1 heterocycles. The zero-order chi connectivity index (χ0) is 22.5. The van der Waals surface area contributed by atoms with Crippen LogP contribution in [0.25, 0.3) is 5.76 Å². The van der Waals surface area contributed by atoms with E-state index in [1.54, 1.807) is 18.2 Å². The van der Waals surface area contributed by atoms with Crippen LogP contribution in [0.3, 0.4) is 0 Å². The number of aliphatic carboxylic acids is 1. The van der Waals surface area contributed by atoms with Crippen molar-refractivity contribution >= 4 is 35.0 Å². The third kappa shape index (κ3) is 5.11. The molecule has 1 amide bonds. The lowest BCUT2D eigenvalue weighted by Crippen LogP contribution is -2.30. The number of ketones is 1. The lowest BCUT2D eigenvalue weighted by molar-refractivity contribution is -0.140. The zero-order valence-corrected chi connectivity index (χ0v) is 17.3. The Morgan fingerprint density at radius 2 is 1.74 bits per heavy atom. The summed E-state index contributed by atoms with van der Waals surface area (Å²) in [6.45, 7) is 0.169. The summed E-state index contributed by atoms with van der Waals surface area (Å²) in [6, 6.07) is 10.7. The van der Waals surface area contributed by atoms with Crippen molar-refractivity contribution in [2.24, 2.45) is 0 Å². The maximum absolute atomic E-state index is 13.9. The van der Waals surface area contributed by atoms with Crippen molar-refractivity contribution < 1.29 is 29.0 Å². The van der Waals surface area contributed by atoms with Crippen LogP contribution < -0.4 is 0 Å². The second kappa shape index (κ2) is 9.75. The largest absolute Gasteiger partial charge is 0.507 e. The van der Waals surface area contributed by atoms with Gasteiger partial charge in [-0.2, -0.15) is 0 Å². The van der Waals surface area contributed by atoms with Gasteiger partial charge in [0.1, 0.15) is 11.6 Å². The molecular formula is C23H21ClFNO5. The van der Waals surface area contributed by atoms with E-state index in [1.807, 2.05) is 0 Å². The van der Waals surface area contributed by atoms with Crippen molar-refractivity contribution in [1.82, 2.24) is 4.90 Å². The van der Waals surface area contributed by atoms with Gasteiger partial charge in [0, 0.05) is 23.6 Å². The predicted octanol–water partition coefficient (Wildman–Crippen LogP) is 4.55. The molecule has 0 aromatic heterocycles. The fourth-order valence-electron chi connectivity index (χ4n) is 3.63. The van der Waals surface area contributed by atoms with Crippen molar-refractivity contribution in [1.29, 1.82) is 0 Å². The number of carbonyl (C=O) groups excluding carboxylic acids is 2. The van der Waals surface area contributed by atoms with Gasteiger partial charge >= 0.3 is 5.97 Å². The van der Waals surface area contributed by atoms with E-state index in [0.29, 0.717) is 35.4 Å². The molecule has 0 bridgehead atoms. The number of Topliss-reactive ketones (excluding diaryl/α,β-unsaturated/α-hetero) is 1. The lowest BCUT2D eigenvalue weighted by Gasteiger charge is -2.25. The van der Waals surface area contributed by atoms with Gasteiger partial charge in [-0.1, -0.05) is 30.2 Å². The number of unbranched alkanes of at least 4 members (excludes halogenated alkanes) is 2. The molecule has 8 heteroatoms. The van der Waals surface area contributed by atoms with Gasteiger partial charge in [-0.25, -0.2) is 4.39 Å². The average molecular weight is 446 g/mol. The summed E-state index contributed by atoms with van der Waals surface area (Å²) in [5.74, 6) is -3.44. The number of carbonyl (C=O) groups is 3. The topological polar surface area (TPSA) is 94.9 Å². The number of hydrogen-bond donors (Lipinski definition) is 2. The zero-order valence-electron chi connectivity index (χ0n) is 16.6. The van der Waals surface area contributed by atoms with Crippen LogP contribution in [0.15, 0.2) is 54.1 Å². The number of amides is 1. The van der Waals surface area contributed by atoms with Crippen LogP contribution in [0, 0.1) is 5.82 Å². The van der Waals surface area contributed by atoms with E-state index in [2.05, 4.69) is 0 Å². The number of aliphatic hydroxyl groups is 1.